The third-order valence-corrected chi connectivity index (χ3v) is 3.44. The van der Waals surface area contributed by atoms with E-state index in [1.54, 1.807) is 4.90 Å². The van der Waals surface area contributed by atoms with Crippen LogP contribution in [0.4, 0.5) is 0 Å². The number of quaternary nitrogens is 2. The van der Waals surface area contributed by atoms with Crippen molar-refractivity contribution in [3.05, 3.63) is 0 Å². The van der Waals surface area contributed by atoms with E-state index in [1.165, 1.54) is 25.9 Å². The molecule has 3 heteroatoms. The molecule has 3 aliphatic heterocycles. The number of fused-ring (bicyclic) bond motifs is 3. The maximum absolute atomic E-state index is 10.1. The number of aliphatic hydroxyl groups is 1. The molecule has 0 amide bonds. The standard InChI is InChI=1S/C8H16N2O/c9-5-8(11)6-10-3-1-7(8)2-4-10/h7,11H,1-6,9H2/p+2. The molecule has 0 aromatic rings. The molecule has 64 valence electrons. The molecule has 3 saturated heterocycles. The molecule has 1 unspecified atom stereocenters. The van der Waals surface area contributed by atoms with Gasteiger partial charge in [-0.3, -0.25) is 0 Å². The van der Waals surface area contributed by atoms with Crippen molar-refractivity contribution in [1.29, 1.82) is 0 Å². The maximum atomic E-state index is 10.1. The summed E-state index contributed by atoms with van der Waals surface area (Å²) in [7, 11) is 0. The van der Waals surface area contributed by atoms with Crippen LogP contribution >= 0.6 is 0 Å². The topological polar surface area (TPSA) is 52.3 Å². The minimum atomic E-state index is -0.411. The second-order valence-electron chi connectivity index (χ2n) is 4.05. The van der Waals surface area contributed by atoms with Gasteiger partial charge in [0.05, 0.1) is 13.1 Å². The van der Waals surface area contributed by atoms with Crippen molar-refractivity contribution in [2.45, 2.75) is 18.4 Å². The van der Waals surface area contributed by atoms with E-state index in [9.17, 15) is 5.11 Å². The second-order valence-corrected chi connectivity index (χ2v) is 4.05. The molecule has 11 heavy (non-hydrogen) atoms. The SMILES string of the molecule is [NH3+]CC1(O)C[NH+]2CCC1CC2. The normalized spacial score (nSPS) is 49.6. The average molecular weight is 158 g/mol. The highest BCUT2D eigenvalue weighted by Crippen LogP contribution is 2.26. The fraction of sp³-hybridized carbons (Fsp3) is 1.00. The first-order valence-electron chi connectivity index (χ1n) is 4.60. The highest BCUT2D eigenvalue weighted by Gasteiger charge is 2.48. The molecule has 0 aromatic carbocycles. The predicted octanol–water partition coefficient (Wildman–Crippen LogP) is -2.73. The Morgan fingerprint density at radius 3 is 2.36 bits per heavy atom. The molecule has 0 spiro atoms. The van der Waals surface area contributed by atoms with Crippen molar-refractivity contribution >= 4 is 0 Å². The zero-order valence-electron chi connectivity index (χ0n) is 6.97. The van der Waals surface area contributed by atoms with Crippen molar-refractivity contribution in [1.82, 2.24) is 0 Å². The third-order valence-electron chi connectivity index (χ3n) is 3.44. The van der Waals surface area contributed by atoms with Crippen LogP contribution in [0.25, 0.3) is 0 Å². The summed E-state index contributed by atoms with van der Waals surface area (Å²) in [6, 6.07) is 0. The molecule has 0 saturated carbocycles. The van der Waals surface area contributed by atoms with E-state index in [4.69, 9.17) is 0 Å². The lowest BCUT2D eigenvalue weighted by atomic mass is 9.75. The van der Waals surface area contributed by atoms with Crippen LogP contribution in [0.15, 0.2) is 0 Å². The number of hydrogen-bond donors (Lipinski definition) is 3. The van der Waals surface area contributed by atoms with Gasteiger partial charge < -0.3 is 15.7 Å². The van der Waals surface area contributed by atoms with Gasteiger partial charge >= 0.3 is 0 Å². The van der Waals surface area contributed by atoms with Gasteiger partial charge in [-0.25, -0.2) is 0 Å². The largest absolute Gasteiger partial charge is 0.378 e. The van der Waals surface area contributed by atoms with Crippen LogP contribution in [0.1, 0.15) is 12.8 Å². The van der Waals surface area contributed by atoms with Gasteiger partial charge in [0.25, 0.3) is 0 Å². The fourth-order valence-corrected chi connectivity index (χ4v) is 2.61. The lowest BCUT2D eigenvalue weighted by Gasteiger charge is -2.45. The van der Waals surface area contributed by atoms with Crippen molar-refractivity contribution < 1.29 is 15.7 Å². The molecule has 0 aromatic heterocycles. The zero-order chi connectivity index (χ0) is 7.90. The lowest BCUT2D eigenvalue weighted by molar-refractivity contribution is -0.926. The molecule has 0 aliphatic carbocycles. The van der Waals surface area contributed by atoms with Crippen LogP contribution in [0.3, 0.4) is 0 Å². The van der Waals surface area contributed by atoms with Gasteiger partial charge in [0.15, 0.2) is 5.60 Å². The first-order valence-corrected chi connectivity index (χ1v) is 4.60. The van der Waals surface area contributed by atoms with Gasteiger partial charge in [0, 0.05) is 18.8 Å². The highest BCUT2D eigenvalue weighted by atomic mass is 16.3. The van der Waals surface area contributed by atoms with Crippen LogP contribution in [0, 0.1) is 5.92 Å². The molecule has 3 aliphatic rings. The quantitative estimate of drug-likeness (QED) is 0.381. The molecule has 2 bridgehead atoms. The summed E-state index contributed by atoms with van der Waals surface area (Å²) >= 11 is 0. The number of nitrogens with one attached hydrogen (secondary N) is 1. The first-order chi connectivity index (χ1) is 5.24. The van der Waals surface area contributed by atoms with Crippen molar-refractivity contribution in [2.75, 3.05) is 26.2 Å². The Balaban J connectivity index is 2.13. The van der Waals surface area contributed by atoms with Crippen LogP contribution < -0.4 is 10.6 Å². The van der Waals surface area contributed by atoms with E-state index in [0.29, 0.717) is 12.5 Å². The van der Waals surface area contributed by atoms with E-state index < -0.39 is 5.60 Å². The van der Waals surface area contributed by atoms with E-state index in [1.807, 2.05) is 0 Å². The average Bonchev–Trinajstić information content (AvgIpc) is 2.06. The third kappa shape index (κ3) is 1.08. The van der Waals surface area contributed by atoms with Crippen molar-refractivity contribution in [3.8, 4) is 0 Å². The van der Waals surface area contributed by atoms with Crippen LogP contribution in [0.5, 0.6) is 0 Å². The molecule has 1 atom stereocenters. The lowest BCUT2D eigenvalue weighted by Crippen LogP contribution is -3.18. The fourth-order valence-electron chi connectivity index (χ4n) is 2.61. The number of piperidine rings is 3. The summed E-state index contributed by atoms with van der Waals surface area (Å²) < 4.78 is 0. The Morgan fingerprint density at radius 2 is 2.09 bits per heavy atom. The monoisotopic (exact) mass is 158 g/mol. The van der Waals surface area contributed by atoms with Crippen molar-refractivity contribution in [3.63, 3.8) is 0 Å². The summed E-state index contributed by atoms with van der Waals surface area (Å²) in [4.78, 5) is 1.58. The van der Waals surface area contributed by atoms with Crippen LogP contribution in [0.2, 0.25) is 0 Å². The van der Waals surface area contributed by atoms with E-state index >= 15 is 0 Å². The van der Waals surface area contributed by atoms with Gasteiger partial charge in [-0.15, -0.1) is 0 Å². The Kier molecular flexibility index (Phi) is 1.67. The molecular formula is C8H18N2O+2. The maximum Gasteiger partial charge on any atom is 0.165 e. The molecule has 3 fully saturated rings. The molecule has 3 heterocycles. The second kappa shape index (κ2) is 2.44. The zero-order valence-corrected chi connectivity index (χ0v) is 6.97. The van der Waals surface area contributed by atoms with Gasteiger partial charge in [-0.05, 0) is 0 Å². The number of rotatable bonds is 1. The Bertz CT molecular complexity index is 154. The summed E-state index contributed by atoms with van der Waals surface area (Å²) in [6.45, 7) is 4.18. The minimum absolute atomic E-state index is 0.411. The summed E-state index contributed by atoms with van der Waals surface area (Å²) in [6.07, 6.45) is 2.42. The van der Waals surface area contributed by atoms with Crippen LogP contribution in [-0.4, -0.2) is 36.9 Å². The Morgan fingerprint density at radius 1 is 1.45 bits per heavy atom. The Labute approximate surface area is 67.2 Å². The molecule has 0 radical (unpaired) electrons. The molecule has 3 rings (SSSR count). The van der Waals surface area contributed by atoms with Gasteiger partial charge in [0.1, 0.15) is 13.1 Å². The molecular weight excluding hydrogens is 140 g/mol. The summed E-state index contributed by atoms with van der Waals surface area (Å²) in [5, 5.41) is 10.1. The molecule has 5 N–H and O–H groups in total. The van der Waals surface area contributed by atoms with Crippen LogP contribution in [-0.2, 0) is 0 Å². The van der Waals surface area contributed by atoms with E-state index in [-0.39, 0.29) is 0 Å². The molecule has 3 nitrogen and oxygen atoms in total. The highest BCUT2D eigenvalue weighted by molar-refractivity contribution is 4.89. The van der Waals surface area contributed by atoms with Crippen molar-refractivity contribution in [2.24, 2.45) is 5.92 Å². The summed E-state index contributed by atoms with van der Waals surface area (Å²) in [5.74, 6) is 0.553. The number of hydrogen-bond acceptors (Lipinski definition) is 1. The van der Waals surface area contributed by atoms with Gasteiger partial charge in [-0.2, -0.15) is 0 Å². The van der Waals surface area contributed by atoms with E-state index in [0.717, 1.165) is 6.54 Å². The van der Waals surface area contributed by atoms with Gasteiger partial charge in [0.2, 0.25) is 0 Å². The summed E-state index contributed by atoms with van der Waals surface area (Å²) in [5.41, 5.74) is 3.43. The minimum Gasteiger partial charge on any atom is -0.378 e. The van der Waals surface area contributed by atoms with E-state index in [2.05, 4.69) is 5.73 Å². The smallest absolute Gasteiger partial charge is 0.165 e. The van der Waals surface area contributed by atoms with Gasteiger partial charge in [-0.1, -0.05) is 0 Å². The Hall–Kier alpha value is -0.120. The predicted molar refractivity (Wildman–Crippen MR) is 41.0 cm³/mol. The first kappa shape index (κ1) is 7.53.